The summed E-state index contributed by atoms with van der Waals surface area (Å²) < 4.78 is 15.6. The number of fused-ring (bicyclic) bond motifs is 1. The van der Waals surface area contributed by atoms with Gasteiger partial charge in [0.2, 0.25) is 11.8 Å². The Bertz CT molecular complexity index is 719. The molecule has 0 atom stereocenters. The van der Waals surface area contributed by atoms with Gasteiger partial charge in [-0.3, -0.25) is 4.99 Å². The van der Waals surface area contributed by atoms with Crippen LogP contribution in [0.15, 0.2) is 51.8 Å². The topological polar surface area (TPSA) is 82.4 Å². The average Bonchev–Trinajstić information content (AvgIpc) is 2.59. The van der Waals surface area contributed by atoms with Crippen molar-refractivity contribution < 1.29 is 19.0 Å². The van der Waals surface area contributed by atoms with Gasteiger partial charge in [-0.1, -0.05) is 0 Å². The lowest BCUT2D eigenvalue weighted by Gasteiger charge is -2.15. The van der Waals surface area contributed by atoms with Crippen LogP contribution in [0.5, 0.6) is 5.88 Å². The number of ether oxygens (including phenoxy) is 3. The van der Waals surface area contributed by atoms with Crippen molar-refractivity contribution in [2.24, 2.45) is 9.98 Å². The zero-order valence-electron chi connectivity index (χ0n) is 11.9. The molecule has 2 aliphatic heterocycles. The van der Waals surface area contributed by atoms with Crippen molar-refractivity contribution in [3.63, 3.8) is 0 Å². The molecular weight excluding hydrogens is 286 g/mol. The fourth-order valence-corrected chi connectivity index (χ4v) is 1.91. The number of aromatic nitrogens is 1. The second-order valence-electron chi connectivity index (χ2n) is 4.49. The molecule has 3 rings (SSSR count). The Morgan fingerprint density at radius 1 is 1.45 bits per heavy atom. The zero-order valence-corrected chi connectivity index (χ0v) is 11.9. The second kappa shape index (κ2) is 6.21. The van der Waals surface area contributed by atoms with Crippen molar-refractivity contribution in [1.82, 2.24) is 4.98 Å². The first kappa shape index (κ1) is 14.0. The molecule has 0 N–H and O–H groups in total. The molecule has 22 heavy (non-hydrogen) atoms. The molecule has 1 aromatic rings. The van der Waals surface area contributed by atoms with Gasteiger partial charge < -0.3 is 14.2 Å². The van der Waals surface area contributed by atoms with E-state index in [4.69, 9.17) is 14.2 Å². The van der Waals surface area contributed by atoms with E-state index in [0.29, 0.717) is 29.6 Å². The number of rotatable bonds is 4. The quantitative estimate of drug-likeness (QED) is 0.785. The first-order valence-electron chi connectivity index (χ1n) is 6.55. The molecule has 7 heteroatoms. The van der Waals surface area contributed by atoms with Crippen LogP contribution >= 0.6 is 0 Å². The average molecular weight is 299 g/mol. The van der Waals surface area contributed by atoms with Gasteiger partial charge in [0.05, 0.1) is 18.3 Å². The number of methoxy groups -OCH3 is 1. The molecule has 0 saturated carbocycles. The smallest absolute Gasteiger partial charge is 0.341 e. The molecule has 0 aliphatic carbocycles. The largest absolute Gasteiger partial charge is 0.481 e. The molecule has 0 saturated heterocycles. The highest BCUT2D eigenvalue weighted by molar-refractivity contribution is 6.16. The Kier molecular flexibility index (Phi) is 3.95. The fraction of sp³-hybridized carbons (Fsp3) is 0.200. The third-order valence-electron chi connectivity index (χ3n) is 3.00. The molecule has 7 nitrogen and oxygen atoms in total. The van der Waals surface area contributed by atoms with Gasteiger partial charge in [-0.25, -0.2) is 14.8 Å². The second-order valence-corrected chi connectivity index (χ2v) is 4.49. The van der Waals surface area contributed by atoms with Crippen LogP contribution in [0.3, 0.4) is 0 Å². The van der Waals surface area contributed by atoms with E-state index in [1.54, 1.807) is 30.6 Å². The van der Waals surface area contributed by atoms with Crippen LogP contribution in [-0.2, 0) is 20.9 Å². The molecule has 3 heterocycles. The molecule has 2 aliphatic rings. The summed E-state index contributed by atoms with van der Waals surface area (Å²) >= 11 is 0. The molecule has 0 bridgehead atoms. The molecule has 0 fully saturated rings. The maximum Gasteiger partial charge on any atom is 0.341 e. The minimum absolute atomic E-state index is 0.118. The van der Waals surface area contributed by atoms with Crippen LogP contribution in [0.25, 0.3) is 0 Å². The number of carbonyl (C=O) groups is 1. The van der Waals surface area contributed by atoms with E-state index in [0.717, 1.165) is 5.56 Å². The highest BCUT2D eigenvalue weighted by atomic mass is 16.5. The van der Waals surface area contributed by atoms with Crippen molar-refractivity contribution >= 4 is 18.1 Å². The van der Waals surface area contributed by atoms with Crippen LogP contribution in [0.1, 0.15) is 5.56 Å². The number of carbonyl (C=O) groups excluding carboxylic acids is 1. The maximum absolute atomic E-state index is 12.1. The van der Waals surface area contributed by atoms with Gasteiger partial charge >= 0.3 is 5.97 Å². The number of esters is 1. The standard InChI is InChI=1S/C15H13N3O4/c1-20-13-4-10(2-3-17-13)7-22-15(19)12-5-11-6-16-9-18-14(11)21-8-12/h2-6,8H,7,9H2,1H3. The van der Waals surface area contributed by atoms with Crippen LogP contribution in [0.4, 0.5) is 0 Å². The van der Waals surface area contributed by atoms with Gasteiger partial charge in [-0.05, 0) is 17.7 Å². The van der Waals surface area contributed by atoms with Gasteiger partial charge in [-0.2, -0.15) is 0 Å². The van der Waals surface area contributed by atoms with E-state index >= 15 is 0 Å². The summed E-state index contributed by atoms with van der Waals surface area (Å²) in [4.78, 5) is 24.1. The lowest BCUT2D eigenvalue weighted by Crippen LogP contribution is -2.18. The first-order valence-corrected chi connectivity index (χ1v) is 6.55. The Balaban J connectivity index is 1.64. The Morgan fingerprint density at radius 3 is 3.23 bits per heavy atom. The summed E-state index contributed by atoms with van der Waals surface area (Å²) in [5.41, 5.74) is 1.75. The molecule has 1 aromatic heterocycles. The number of pyridine rings is 1. The third-order valence-corrected chi connectivity index (χ3v) is 3.00. The molecule has 0 radical (unpaired) electrons. The number of hydrogen-bond donors (Lipinski definition) is 0. The van der Waals surface area contributed by atoms with Crippen LogP contribution in [0.2, 0.25) is 0 Å². The van der Waals surface area contributed by atoms with Gasteiger partial charge in [0.15, 0.2) is 0 Å². The van der Waals surface area contributed by atoms with Gasteiger partial charge in [0.1, 0.15) is 19.5 Å². The molecule has 112 valence electrons. The summed E-state index contributed by atoms with van der Waals surface area (Å²) in [6.45, 7) is 0.456. The summed E-state index contributed by atoms with van der Waals surface area (Å²) in [7, 11) is 1.53. The van der Waals surface area contributed by atoms with Gasteiger partial charge in [0.25, 0.3) is 0 Å². The highest BCUT2D eigenvalue weighted by Crippen LogP contribution is 2.17. The molecule has 0 spiro atoms. The highest BCUT2D eigenvalue weighted by Gasteiger charge is 2.20. The summed E-state index contributed by atoms with van der Waals surface area (Å²) in [5.74, 6) is 0.446. The van der Waals surface area contributed by atoms with E-state index in [1.807, 2.05) is 0 Å². The Morgan fingerprint density at radius 2 is 2.36 bits per heavy atom. The van der Waals surface area contributed by atoms with Crippen molar-refractivity contribution in [3.05, 3.63) is 47.4 Å². The normalized spacial score (nSPS) is 15.8. The summed E-state index contributed by atoms with van der Waals surface area (Å²) in [6.07, 6.45) is 6.18. The predicted octanol–water partition coefficient (Wildman–Crippen LogP) is 1.41. The van der Waals surface area contributed by atoms with Crippen molar-refractivity contribution in [1.29, 1.82) is 0 Å². The van der Waals surface area contributed by atoms with Crippen molar-refractivity contribution in [2.75, 3.05) is 13.8 Å². The Hall–Kier alpha value is -2.96. The van der Waals surface area contributed by atoms with Crippen molar-refractivity contribution in [2.45, 2.75) is 6.61 Å². The third kappa shape index (κ3) is 3.03. The Labute approximate surface area is 126 Å². The lowest BCUT2D eigenvalue weighted by atomic mass is 10.1. The number of aliphatic imine (C=N–C) groups is 2. The monoisotopic (exact) mass is 299 g/mol. The summed E-state index contributed by atoms with van der Waals surface area (Å²) in [6, 6.07) is 3.45. The van der Waals surface area contributed by atoms with E-state index < -0.39 is 5.97 Å². The van der Waals surface area contributed by atoms with Crippen LogP contribution in [0, 0.1) is 0 Å². The molecule has 0 amide bonds. The van der Waals surface area contributed by atoms with E-state index in [1.165, 1.54) is 13.4 Å². The lowest BCUT2D eigenvalue weighted by molar-refractivity contribution is -0.140. The predicted molar refractivity (Wildman–Crippen MR) is 78.6 cm³/mol. The zero-order chi connectivity index (χ0) is 15.4. The van der Waals surface area contributed by atoms with Gasteiger partial charge in [-0.15, -0.1) is 0 Å². The molecule has 0 aromatic carbocycles. The van der Waals surface area contributed by atoms with Crippen molar-refractivity contribution in [3.8, 4) is 5.88 Å². The summed E-state index contributed by atoms with van der Waals surface area (Å²) in [5, 5.41) is 0. The first-order chi connectivity index (χ1) is 10.8. The number of nitrogens with zero attached hydrogens (tertiary/aromatic N) is 3. The van der Waals surface area contributed by atoms with E-state index in [9.17, 15) is 4.79 Å². The SMILES string of the molecule is COc1cc(COC(=O)C2=COC3=NCN=CC3=C2)ccn1. The van der Waals surface area contributed by atoms with E-state index in [-0.39, 0.29) is 6.61 Å². The van der Waals surface area contributed by atoms with Gasteiger partial charge in [0, 0.05) is 18.5 Å². The maximum atomic E-state index is 12.1. The molecular formula is C15H13N3O4. The minimum atomic E-state index is -0.485. The molecule has 0 unspecified atom stereocenters. The fourth-order valence-electron chi connectivity index (χ4n) is 1.91. The van der Waals surface area contributed by atoms with E-state index in [2.05, 4.69) is 15.0 Å². The van der Waals surface area contributed by atoms with Crippen LogP contribution in [-0.4, -0.2) is 36.8 Å². The number of hydrogen-bond acceptors (Lipinski definition) is 7. The minimum Gasteiger partial charge on any atom is -0.481 e. The van der Waals surface area contributed by atoms with Crippen LogP contribution < -0.4 is 4.74 Å².